The first-order valence-corrected chi connectivity index (χ1v) is 8.05. The van der Waals surface area contributed by atoms with Gasteiger partial charge in [0.25, 0.3) is 5.89 Å². The molecule has 6 nitrogen and oxygen atoms in total. The minimum Gasteiger partial charge on any atom is -0.419 e. The quantitative estimate of drug-likeness (QED) is 0.539. The molecule has 0 N–H and O–H groups in total. The maximum atomic E-state index is 5.65. The number of hydrogen-bond donors (Lipinski definition) is 0. The maximum absolute atomic E-state index is 5.65. The monoisotopic (exact) mass is 315 g/mol. The van der Waals surface area contributed by atoms with Crippen molar-refractivity contribution in [2.45, 2.75) is 10.9 Å². The third kappa shape index (κ3) is 2.43. The molecule has 0 fully saturated rings. The van der Waals surface area contributed by atoms with Crippen LogP contribution >= 0.6 is 23.1 Å². The summed E-state index contributed by atoms with van der Waals surface area (Å²) in [6.45, 7) is 0. The Hall–Kier alpha value is -2.19. The molecule has 0 aromatic carbocycles. The van der Waals surface area contributed by atoms with E-state index >= 15 is 0 Å². The fourth-order valence-corrected chi connectivity index (χ4v) is 3.26. The zero-order chi connectivity index (χ0) is 14.1. The van der Waals surface area contributed by atoms with Crippen LogP contribution < -0.4 is 0 Å². The highest BCUT2D eigenvalue weighted by Crippen LogP contribution is 2.26. The zero-order valence-electron chi connectivity index (χ0n) is 10.7. The number of thiophene rings is 1. The molecule has 4 aromatic heterocycles. The molecule has 0 radical (unpaired) electrons. The third-order valence-corrected chi connectivity index (χ3v) is 4.59. The van der Waals surface area contributed by atoms with Crippen LogP contribution in [0.3, 0.4) is 0 Å². The number of thioether (sulfide) groups is 1. The molecule has 0 amide bonds. The molecule has 4 heterocycles. The van der Waals surface area contributed by atoms with Crippen LogP contribution in [0, 0.1) is 0 Å². The van der Waals surface area contributed by atoms with Crippen molar-refractivity contribution in [3.8, 4) is 10.8 Å². The lowest BCUT2D eigenvalue weighted by Crippen LogP contribution is -1.87. The SMILES string of the molecule is c1csc(-c2nnc(CSc3nnc4ccccn34)o2)c1. The lowest BCUT2D eigenvalue weighted by Gasteiger charge is -1.96. The summed E-state index contributed by atoms with van der Waals surface area (Å²) in [4.78, 5) is 0.978. The van der Waals surface area contributed by atoms with E-state index in [1.807, 2.05) is 46.3 Å². The molecule has 4 rings (SSSR count). The second-order valence-corrected chi connectivity index (χ2v) is 6.07. The van der Waals surface area contributed by atoms with Crippen molar-refractivity contribution in [2.75, 3.05) is 0 Å². The molecule has 4 aromatic rings. The van der Waals surface area contributed by atoms with Crippen molar-refractivity contribution in [3.63, 3.8) is 0 Å². The maximum Gasteiger partial charge on any atom is 0.257 e. The van der Waals surface area contributed by atoms with Crippen LogP contribution in [0.5, 0.6) is 0 Å². The first-order chi connectivity index (χ1) is 10.4. The molecule has 0 atom stereocenters. The van der Waals surface area contributed by atoms with Crippen LogP contribution in [-0.2, 0) is 5.75 Å². The van der Waals surface area contributed by atoms with Gasteiger partial charge in [-0.1, -0.05) is 23.9 Å². The van der Waals surface area contributed by atoms with E-state index in [-0.39, 0.29) is 0 Å². The highest BCUT2D eigenvalue weighted by molar-refractivity contribution is 7.98. The van der Waals surface area contributed by atoms with E-state index < -0.39 is 0 Å². The Kier molecular flexibility index (Phi) is 3.17. The number of pyridine rings is 1. The van der Waals surface area contributed by atoms with Crippen molar-refractivity contribution < 1.29 is 4.42 Å². The van der Waals surface area contributed by atoms with Crippen LogP contribution in [0.25, 0.3) is 16.4 Å². The van der Waals surface area contributed by atoms with Crippen molar-refractivity contribution in [2.24, 2.45) is 0 Å². The Morgan fingerprint density at radius 3 is 3.00 bits per heavy atom. The van der Waals surface area contributed by atoms with Crippen LogP contribution in [-0.4, -0.2) is 24.8 Å². The van der Waals surface area contributed by atoms with E-state index in [9.17, 15) is 0 Å². The van der Waals surface area contributed by atoms with Crippen molar-refractivity contribution in [1.82, 2.24) is 24.8 Å². The number of rotatable bonds is 4. The average molecular weight is 315 g/mol. The molecule has 0 unspecified atom stereocenters. The van der Waals surface area contributed by atoms with E-state index in [4.69, 9.17) is 4.42 Å². The second-order valence-electron chi connectivity index (χ2n) is 4.18. The number of aromatic nitrogens is 5. The van der Waals surface area contributed by atoms with Gasteiger partial charge in [0.2, 0.25) is 5.89 Å². The van der Waals surface area contributed by atoms with Crippen LogP contribution in [0.4, 0.5) is 0 Å². The first-order valence-electron chi connectivity index (χ1n) is 6.19. The fourth-order valence-electron chi connectivity index (χ4n) is 1.86. The molecular weight excluding hydrogens is 306 g/mol. The molecule has 0 saturated carbocycles. The molecule has 0 spiro atoms. The minimum atomic E-state index is 0.562. The summed E-state index contributed by atoms with van der Waals surface area (Å²) in [6, 6.07) is 9.71. The fraction of sp³-hybridized carbons (Fsp3) is 0.0769. The largest absolute Gasteiger partial charge is 0.419 e. The van der Waals surface area contributed by atoms with Gasteiger partial charge in [0.1, 0.15) is 0 Å². The molecule has 0 bridgehead atoms. The Labute approximate surface area is 127 Å². The van der Waals surface area contributed by atoms with Crippen LogP contribution in [0.1, 0.15) is 5.89 Å². The van der Waals surface area contributed by atoms with Gasteiger partial charge < -0.3 is 4.42 Å². The standard InChI is InChI=1S/C13H9N5OS2/c1-2-6-18-10(5-1)14-17-13(18)21-8-11-15-16-12(19-11)9-4-3-7-20-9/h1-7H,8H2. The van der Waals surface area contributed by atoms with Crippen LogP contribution in [0.15, 0.2) is 51.5 Å². The highest BCUT2D eigenvalue weighted by Gasteiger charge is 2.11. The summed E-state index contributed by atoms with van der Waals surface area (Å²) in [7, 11) is 0. The average Bonchev–Trinajstić information content (AvgIpc) is 3.25. The lowest BCUT2D eigenvalue weighted by molar-refractivity contribution is 0.529. The topological polar surface area (TPSA) is 69.1 Å². The molecule has 0 saturated heterocycles. The van der Waals surface area contributed by atoms with Gasteiger partial charge in [-0.25, -0.2) is 0 Å². The summed E-state index contributed by atoms with van der Waals surface area (Å²) < 4.78 is 7.58. The highest BCUT2D eigenvalue weighted by atomic mass is 32.2. The van der Waals surface area contributed by atoms with Gasteiger partial charge >= 0.3 is 0 Å². The molecule has 0 aliphatic carbocycles. The van der Waals surface area contributed by atoms with E-state index in [1.165, 1.54) is 11.8 Å². The molecule has 21 heavy (non-hydrogen) atoms. The van der Waals surface area contributed by atoms with Gasteiger partial charge in [0.05, 0.1) is 10.6 Å². The van der Waals surface area contributed by atoms with E-state index in [1.54, 1.807) is 11.3 Å². The van der Waals surface area contributed by atoms with Crippen molar-refractivity contribution in [1.29, 1.82) is 0 Å². The van der Waals surface area contributed by atoms with Gasteiger partial charge in [-0.15, -0.1) is 31.7 Å². The molecule has 0 aliphatic heterocycles. The number of fused-ring (bicyclic) bond motifs is 1. The van der Waals surface area contributed by atoms with Crippen molar-refractivity contribution >= 4 is 28.7 Å². The molecule has 104 valence electrons. The summed E-state index contributed by atoms with van der Waals surface area (Å²) in [5.41, 5.74) is 0.824. The van der Waals surface area contributed by atoms with Gasteiger partial charge in [0.15, 0.2) is 10.8 Å². The Balaban J connectivity index is 1.52. The smallest absolute Gasteiger partial charge is 0.257 e. The molecule has 8 heteroatoms. The lowest BCUT2D eigenvalue weighted by atomic mass is 10.5. The summed E-state index contributed by atoms with van der Waals surface area (Å²) in [5.74, 6) is 1.71. The zero-order valence-corrected chi connectivity index (χ0v) is 12.3. The summed E-state index contributed by atoms with van der Waals surface area (Å²) in [6.07, 6.45) is 1.93. The van der Waals surface area contributed by atoms with E-state index in [0.29, 0.717) is 17.5 Å². The molecular formula is C13H9N5OS2. The van der Waals surface area contributed by atoms with Gasteiger partial charge in [0, 0.05) is 6.20 Å². The van der Waals surface area contributed by atoms with Crippen LogP contribution in [0.2, 0.25) is 0 Å². The minimum absolute atomic E-state index is 0.562. The third-order valence-electron chi connectivity index (χ3n) is 2.81. The first kappa shape index (κ1) is 12.5. The van der Waals surface area contributed by atoms with E-state index in [0.717, 1.165) is 15.7 Å². The van der Waals surface area contributed by atoms with Gasteiger partial charge in [-0.3, -0.25) is 4.40 Å². The van der Waals surface area contributed by atoms with E-state index in [2.05, 4.69) is 20.4 Å². The predicted octanol–water partition coefficient (Wildman–Crippen LogP) is 3.13. The summed E-state index contributed by atoms with van der Waals surface area (Å²) in [5, 5.41) is 19.2. The summed E-state index contributed by atoms with van der Waals surface area (Å²) >= 11 is 3.09. The number of nitrogens with zero attached hydrogens (tertiary/aromatic N) is 5. The van der Waals surface area contributed by atoms with Gasteiger partial charge in [-0.2, -0.15) is 0 Å². The van der Waals surface area contributed by atoms with Crippen molar-refractivity contribution in [3.05, 3.63) is 47.8 Å². The molecule has 0 aliphatic rings. The Morgan fingerprint density at radius 1 is 1.10 bits per heavy atom. The predicted molar refractivity (Wildman–Crippen MR) is 80.2 cm³/mol. The normalized spacial score (nSPS) is 11.2. The Bertz CT molecular complexity index is 868. The second kappa shape index (κ2) is 5.30. The Morgan fingerprint density at radius 2 is 2.10 bits per heavy atom. The number of hydrogen-bond acceptors (Lipinski definition) is 7. The van der Waals surface area contributed by atoms with Gasteiger partial charge in [-0.05, 0) is 23.6 Å².